The summed E-state index contributed by atoms with van der Waals surface area (Å²) in [5.41, 5.74) is 7.03. The van der Waals surface area contributed by atoms with E-state index in [-0.39, 0.29) is 11.7 Å². The lowest BCUT2D eigenvalue weighted by molar-refractivity contribution is -0.117. The third kappa shape index (κ3) is 5.46. The molecule has 9 heteroatoms. The van der Waals surface area contributed by atoms with Gasteiger partial charge in [-0.15, -0.1) is 0 Å². The van der Waals surface area contributed by atoms with Gasteiger partial charge in [0.05, 0.1) is 42.1 Å². The molecular formula is C34H31FN6O2. The summed E-state index contributed by atoms with van der Waals surface area (Å²) >= 11 is 0. The van der Waals surface area contributed by atoms with Gasteiger partial charge in [-0.1, -0.05) is 31.4 Å². The number of rotatable bonds is 7. The van der Waals surface area contributed by atoms with Crippen molar-refractivity contribution in [2.45, 2.75) is 38.5 Å². The number of ether oxygens (including phenoxy) is 1. The number of anilines is 1. The molecule has 1 saturated carbocycles. The molecule has 0 radical (unpaired) electrons. The summed E-state index contributed by atoms with van der Waals surface area (Å²) in [7, 11) is 1.53. The van der Waals surface area contributed by atoms with Gasteiger partial charge in [0.15, 0.2) is 0 Å². The Kier molecular flexibility index (Phi) is 7.06. The van der Waals surface area contributed by atoms with E-state index in [1.807, 2.05) is 42.5 Å². The highest BCUT2D eigenvalue weighted by Crippen LogP contribution is 2.36. The molecule has 4 aromatic heterocycles. The van der Waals surface area contributed by atoms with Crippen LogP contribution in [0.25, 0.3) is 55.6 Å². The number of amides is 1. The molecule has 0 unspecified atom stereocenters. The number of fused-ring (bicyclic) bond motifs is 2. The van der Waals surface area contributed by atoms with Crippen molar-refractivity contribution in [2.75, 3.05) is 12.4 Å². The van der Waals surface area contributed by atoms with E-state index in [9.17, 15) is 9.18 Å². The Morgan fingerprint density at radius 1 is 0.977 bits per heavy atom. The summed E-state index contributed by atoms with van der Waals surface area (Å²) in [6.07, 6.45) is 11.6. The van der Waals surface area contributed by atoms with Crippen LogP contribution in [-0.2, 0) is 4.79 Å². The minimum Gasteiger partial charge on any atom is -0.497 e. The molecule has 3 N–H and O–H groups in total. The van der Waals surface area contributed by atoms with Gasteiger partial charge < -0.3 is 15.0 Å². The highest BCUT2D eigenvalue weighted by Gasteiger charge is 2.18. The minimum absolute atomic E-state index is 0.0289. The number of aromatic amines is 2. The third-order valence-corrected chi connectivity index (χ3v) is 8.30. The first-order chi connectivity index (χ1) is 21.0. The molecule has 1 fully saturated rings. The minimum atomic E-state index is -0.359. The van der Waals surface area contributed by atoms with E-state index < -0.39 is 0 Å². The monoisotopic (exact) mass is 574 g/mol. The Morgan fingerprint density at radius 2 is 1.86 bits per heavy atom. The molecule has 0 bridgehead atoms. The zero-order valence-corrected chi connectivity index (χ0v) is 23.8. The Labute approximate surface area is 247 Å². The van der Waals surface area contributed by atoms with Crippen molar-refractivity contribution in [3.05, 3.63) is 79.0 Å². The normalized spacial score (nSPS) is 13.9. The van der Waals surface area contributed by atoms with E-state index in [0.29, 0.717) is 23.8 Å². The lowest BCUT2D eigenvalue weighted by Crippen LogP contribution is -2.18. The van der Waals surface area contributed by atoms with Gasteiger partial charge in [0, 0.05) is 40.5 Å². The van der Waals surface area contributed by atoms with Gasteiger partial charge in [-0.3, -0.25) is 19.9 Å². The van der Waals surface area contributed by atoms with Crippen LogP contribution in [0.15, 0.2) is 73.2 Å². The zero-order valence-electron chi connectivity index (χ0n) is 23.8. The number of carbonyl (C=O) groups excluding carboxylic acids is 1. The summed E-state index contributed by atoms with van der Waals surface area (Å²) in [6.45, 7) is 0. The molecule has 0 aliphatic heterocycles. The first-order valence-electron chi connectivity index (χ1n) is 14.6. The molecule has 6 aromatic rings. The van der Waals surface area contributed by atoms with E-state index in [1.54, 1.807) is 18.6 Å². The molecule has 216 valence electrons. The molecule has 2 aromatic carbocycles. The average Bonchev–Trinajstić information content (AvgIpc) is 3.65. The highest BCUT2D eigenvalue weighted by molar-refractivity contribution is 6.01. The van der Waals surface area contributed by atoms with E-state index in [2.05, 4.69) is 30.5 Å². The third-order valence-electron chi connectivity index (χ3n) is 8.30. The number of halogens is 1. The van der Waals surface area contributed by atoms with Crippen LogP contribution >= 0.6 is 0 Å². The molecule has 4 heterocycles. The van der Waals surface area contributed by atoms with Crippen molar-refractivity contribution in [1.82, 2.24) is 25.1 Å². The maximum Gasteiger partial charge on any atom is 0.224 e. The molecule has 1 aliphatic carbocycles. The van der Waals surface area contributed by atoms with Crippen molar-refractivity contribution >= 4 is 33.4 Å². The maximum absolute atomic E-state index is 14.3. The van der Waals surface area contributed by atoms with Crippen LogP contribution in [0, 0.1) is 11.7 Å². The van der Waals surface area contributed by atoms with Crippen LogP contribution in [0.4, 0.5) is 10.1 Å². The van der Waals surface area contributed by atoms with Crippen LogP contribution in [0.3, 0.4) is 0 Å². The summed E-state index contributed by atoms with van der Waals surface area (Å²) in [5.74, 6) is 0.596. The Bertz CT molecular complexity index is 1960. The molecular weight excluding hydrogens is 543 g/mol. The van der Waals surface area contributed by atoms with Crippen LogP contribution in [0.2, 0.25) is 0 Å². The van der Waals surface area contributed by atoms with Gasteiger partial charge in [0.25, 0.3) is 0 Å². The lowest BCUT2D eigenvalue weighted by atomic mass is 9.87. The topological polar surface area (TPSA) is 109 Å². The standard InChI is InChI=1S/C34H31FN6O2/c1-43-25-13-21(11-23(35)14-25)26-8-5-9-29-27(26)15-31(39-29)34-28-16-30(37-19-32(28)40-41-34)22-12-24(18-36-17-22)38-33(42)10-20-6-3-2-4-7-20/h5,8-9,11-20,39H,2-4,6-7,10H2,1H3,(H,38,42)(H,40,41). The number of hydrogen-bond donors (Lipinski definition) is 3. The Hall–Kier alpha value is -5.05. The van der Waals surface area contributed by atoms with Crippen molar-refractivity contribution < 1.29 is 13.9 Å². The molecule has 7 rings (SSSR count). The number of H-pyrrole nitrogens is 2. The van der Waals surface area contributed by atoms with Crippen molar-refractivity contribution in [3.8, 4) is 39.5 Å². The number of pyridine rings is 2. The average molecular weight is 575 g/mol. The van der Waals surface area contributed by atoms with Crippen molar-refractivity contribution in [2.24, 2.45) is 5.92 Å². The smallest absolute Gasteiger partial charge is 0.224 e. The fraction of sp³-hybridized carbons (Fsp3) is 0.235. The highest BCUT2D eigenvalue weighted by atomic mass is 19.1. The Balaban J connectivity index is 1.20. The number of methoxy groups -OCH3 is 1. The molecule has 0 saturated heterocycles. The fourth-order valence-electron chi connectivity index (χ4n) is 6.16. The van der Waals surface area contributed by atoms with Gasteiger partial charge >= 0.3 is 0 Å². The van der Waals surface area contributed by atoms with Gasteiger partial charge in [-0.2, -0.15) is 5.10 Å². The fourth-order valence-corrected chi connectivity index (χ4v) is 6.16. The van der Waals surface area contributed by atoms with Crippen LogP contribution in [-0.4, -0.2) is 38.2 Å². The summed E-state index contributed by atoms with van der Waals surface area (Å²) in [4.78, 5) is 25.2. The lowest BCUT2D eigenvalue weighted by Gasteiger charge is -2.20. The SMILES string of the molecule is COc1cc(F)cc(-c2cccc3[nH]c(-c4n[nH]c5cnc(-c6cncc(NC(=O)CC7CCCCC7)c6)cc45)cc23)c1. The zero-order chi connectivity index (χ0) is 29.3. The quantitative estimate of drug-likeness (QED) is 0.180. The molecule has 8 nitrogen and oxygen atoms in total. The van der Waals surface area contributed by atoms with Gasteiger partial charge in [0.1, 0.15) is 17.3 Å². The number of aromatic nitrogens is 5. The van der Waals surface area contributed by atoms with E-state index in [0.717, 1.165) is 68.4 Å². The summed E-state index contributed by atoms with van der Waals surface area (Å²) in [5, 5.41) is 12.5. The van der Waals surface area contributed by atoms with Gasteiger partial charge in [-0.05, 0) is 66.3 Å². The second-order valence-corrected chi connectivity index (χ2v) is 11.2. The van der Waals surface area contributed by atoms with E-state index in [4.69, 9.17) is 4.74 Å². The number of nitrogens with one attached hydrogen (secondary N) is 3. The molecule has 0 atom stereocenters. The molecule has 43 heavy (non-hydrogen) atoms. The molecule has 1 amide bonds. The summed E-state index contributed by atoms with van der Waals surface area (Å²) in [6, 6.07) is 16.5. The van der Waals surface area contributed by atoms with Gasteiger partial charge in [-0.25, -0.2) is 4.39 Å². The van der Waals surface area contributed by atoms with Crippen LogP contribution in [0.5, 0.6) is 5.75 Å². The first kappa shape index (κ1) is 26.8. The summed E-state index contributed by atoms with van der Waals surface area (Å²) < 4.78 is 19.6. The second kappa shape index (κ2) is 11.3. The number of hydrogen-bond acceptors (Lipinski definition) is 5. The first-order valence-corrected chi connectivity index (χ1v) is 14.6. The van der Waals surface area contributed by atoms with Crippen LogP contribution in [0.1, 0.15) is 38.5 Å². The number of carbonyl (C=O) groups is 1. The van der Waals surface area contributed by atoms with E-state index in [1.165, 1.54) is 38.5 Å². The van der Waals surface area contributed by atoms with E-state index >= 15 is 0 Å². The van der Waals surface area contributed by atoms with Crippen molar-refractivity contribution in [3.63, 3.8) is 0 Å². The number of nitrogens with zero attached hydrogens (tertiary/aromatic N) is 3. The van der Waals surface area contributed by atoms with Crippen LogP contribution < -0.4 is 10.1 Å². The molecule has 1 aliphatic rings. The Morgan fingerprint density at radius 3 is 2.72 bits per heavy atom. The largest absolute Gasteiger partial charge is 0.497 e. The maximum atomic E-state index is 14.3. The molecule has 0 spiro atoms. The number of benzene rings is 2. The predicted molar refractivity (Wildman–Crippen MR) is 166 cm³/mol. The second-order valence-electron chi connectivity index (χ2n) is 11.2. The predicted octanol–water partition coefficient (Wildman–Crippen LogP) is 7.89. The van der Waals surface area contributed by atoms with Gasteiger partial charge in [0.2, 0.25) is 5.91 Å². The van der Waals surface area contributed by atoms with Crippen molar-refractivity contribution in [1.29, 1.82) is 0 Å².